The molecule has 2 aromatic rings. The van der Waals surface area contributed by atoms with E-state index in [4.69, 9.17) is 11.6 Å². The van der Waals surface area contributed by atoms with E-state index in [0.717, 1.165) is 31.0 Å². The number of hydrogen-bond acceptors (Lipinski definition) is 1. The molecule has 0 aliphatic heterocycles. The normalized spacial score (nSPS) is 10.8. The third-order valence-corrected chi connectivity index (χ3v) is 3.85. The zero-order valence-electron chi connectivity index (χ0n) is 13.0. The first-order valence-electron chi connectivity index (χ1n) is 7.83. The van der Waals surface area contributed by atoms with Crippen LogP contribution in [0.1, 0.15) is 37.8 Å². The summed E-state index contributed by atoms with van der Waals surface area (Å²) < 4.78 is 0. The fraction of sp³-hybridized carbons (Fsp3) is 0.368. The highest BCUT2D eigenvalue weighted by Gasteiger charge is 2.06. The molecule has 2 aromatic carbocycles. The van der Waals surface area contributed by atoms with Crippen LogP contribution in [0.15, 0.2) is 42.5 Å². The number of aryl methyl sites for hydroxylation is 1. The van der Waals surface area contributed by atoms with Crippen LogP contribution in [0.25, 0.3) is 11.1 Å². The Labute approximate surface area is 133 Å². The Balaban J connectivity index is 2.24. The fourth-order valence-corrected chi connectivity index (χ4v) is 2.72. The molecule has 0 saturated heterocycles. The second-order valence-corrected chi connectivity index (χ2v) is 5.86. The van der Waals surface area contributed by atoms with E-state index >= 15 is 0 Å². The van der Waals surface area contributed by atoms with Crippen molar-refractivity contribution in [3.8, 4) is 11.1 Å². The smallest absolute Gasteiger partial charge is 0.0409 e. The number of hydrogen-bond donors (Lipinski definition) is 1. The minimum absolute atomic E-state index is 0.801. The van der Waals surface area contributed by atoms with E-state index < -0.39 is 0 Å². The first kappa shape index (κ1) is 16.1. The number of halogens is 1. The summed E-state index contributed by atoms with van der Waals surface area (Å²) in [5, 5.41) is 4.26. The van der Waals surface area contributed by atoms with Gasteiger partial charge in [0.05, 0.1) is 0 Å². The number of nitrogens with one attached hydrogen (secondary N) is 1. The lowest BCUT2D eigenvalue weighted by atomic mass is 9.98. The third-order valence-electron chi connectivity index (χ3n) is 3.61. The van der Waals surface area contributed by atoms with Gasteiger partial charge in [0.1, 0.15) is 0 Å². The molecule has 0 spiro atoms. The minimum Gasteiger partial charge on any atom is -0.313 e. The van der Waals surface area contributed by atoms with Gasteiger partial charge in [0.2, 0.25) is 0 Å². The molecule has 21 heavy (non-hydrogen) atoms. The van der Waals surface area contributed by atoms with Crippen LogP contribution in [0, 0.1) is 0 Å². The highest BCUT2D eigenvalue weighted by molar-refractivity contribution is 6.30. The second-order valence-electron chi connectivity index (χ2n) is 5.43. The lowest BCUT2D eigenvalue weighted by Crippen LogP contribution is -2.14. The van der Waals surface area contributed by atoms with E-state index in [9.17, 15) is 0 Å². The maximum Gasteiger partial charge on any atom is 0.0409 e. The summed E-state index contributed by atoms with van der Waals surface area (Å²) in [6.45, 7) is 6.28. The van der Waals surface area contributed by atoms with Crippen molar-refractivity contribution in [3.05, 3.63) is 58.6 Å². The fourth-order valence-electron chi connectivity index (χ4n) is 2.53. The highest BCUT2D eigenvalue weighted by atomic mass is 35.5. The summed E-state index contributed by atoms with van der Waals surface area (Å²) in [7, 11) is 0. The van der Waals surface area contributed by atoms with Gasteiger partial charge in [-0.25, -0.2) is 0 Å². The van der Waals surface area contributed by atoms with E-state index in [0.29, 0.717) is 0 Å². The van der Waals surface area contributed by atoms with Crippen molar-refractivity contribution in [2.45, 2.75) is 39.7 Å². The summed E-state index contributed by atoms with van der Waals surface area (Å²) >= 11 is 6.16. The van der Waals surface area contributed by atoms with E-state index in [1.54, 1.807) is 0 Å². The van der Waals surface area contributed by atoms with Gasteiger partial charge in [0.15, 0.2) is 0 Å². The molecule has 0 saturated carbocycles. The number of rotatable bonds is 7. The van der Waals surface area contributed by atoms with Gasteiger partial charge in [-0.15, -0.1) is 0 Å². The Morgan fingerprint density at radius 3 is 2.38 bits per heavy atom. The quantitative estimate of drug-likeness (QED) is 0.670. The molecule has 2 heteroatoms. The summed E-state index contributed by atoms with van der Waals surface area (Å²) in [5.41, 5.74) is 5.20. The SMILES string of the molecule is CCCNCc1cc(Cl)ccc1-c1ccc(CCC)cc1. The van der Waals surface area contributed by atoms with Crippen LogP contribution in [0.3, 0.4) is 0 Å². The summed E-state index contributed by atoms with van der Waals surface area (Å²) in [6.07, 6.45) is 3.47. The zero-order chi connectivity index (χ0) is 15.1. The zero-order valence-corrected chi connectivity index (χ0v) is 13.7. The van der Waals surface area contributed by atoms with Crippen LogP contribution < -0.4 is 5.32 Å². The van der Waals surface area contributed by atoms with Crippen molar-refractivity contribution in [3.63, 3.8) is 0 Å². The molecule has 0 heterocycles. The Morgan fingerprint density at radius 2 is 1.71 bits per heavy atom. The van der Waals surface area contributed by atoms with E-state index in [1.807, 2.05) is 6.07 Å². The predicted molar refractivity (Wildman–Crippen MR) is 92.9 cm³/mol. The number of benzene rings is 2. The van der Waals surface area contributed by atoms with Gasteiger partial charge in [0.25, 0.3) is 0 Å². The van der Waals surface area contributed by atoms with E-state index in [2.05, 4.69) is 55.6 Å². The van der Waals surface area contributed by atoms with Gasteiger partial charge >= 0.3 is 0 Å². The van der Waals surface area contributed by atoms with Crippen LogP contribution >= 0.6 is 11.6 Å². The van der Waals surface area contributed by atoms with Gasteiger partial charge in [0, 0.05) is 11.6 Å². The third kappa shape index (κ3) is 4.59. The summed E-state index contributed by atoms with van der Waals surface area (Å²) in [4.78, 5) is 0. The molecule has 0 unspecified atom stereocenters. The van der Waals surface area contributed by atoms with Crippen LogP contribution in [0.4, 0.5) is 0 Å². The lowest BCUT2D eigenvalue weighted by molar-refractivity contribution is 0.676. The average molecular weight is 302 g/mol. The standard InChI is InChI=1S/C19H24ClN/c1-3-5-15-6-8-16(9-7-15)19-11-10-18(20)13-17(19)14-21-12-4-2/h6-11,13,21H,3-5,12,14H2,1-2H3. The Morgan fingerprint density at radius 1 is 0.952 bits per heavy atom. The molecular formula is C19H24ClN. The Kier molecular flexibility index (Phi) is 6.28. The maximum absolute atomic E-state index is 6.16. The molecule has 1 N–H and O–H groups in total. The summed E-state index contributed by atoms with van der Waals surface area (Å²) in [6, 6.07) is 15.1. The molecule has 0 amide bonds. The highest BCUT2D eigenvalue weighted by Crippen LogP contribution is 2.27. The minimum atomic E-state index is 0.801. The molecule has 0 bridgehead atoms. The lowest BCUT2D eigenvalue weighted by Gasteiger charge is -2.12. The van der Waals surface area contributed by atoms with Crippen molar-refractivity contribution in [1.29, 1.82) is 0 Å². The van der Waals surface area contributed by atoms with Gasteiger partial charge in [-0.05, 0) is 53.8 Å². The molecule has 0 aromatic heterocycles. The van der Waals surface area contributed by atoms with Gasteiger partial charge in [-0.2, -0.15) is 0 Å². The van der Waals surface area contributed by atoms with Gasteiger partial charge < -0.3 is 5.32 Å². The van der Waals surface area contributed by atoms with E-state index in [1.165, 1.54) is 28.7 Å². The molecule has 0 radical (unpaired) electrons. The molecule has 112 valence electrons. The van der Waals surface area contributed by atoms with Crippen molar-refractivity contribution in [2.75, 3.05) is 6.54 Å². The molecule has 0 fully saturated rings. The van der Waals surface area contributed by atoms with E-state index in [-0.39, 0.29) is 0 Å². The monoisotopic (exact) mass is 301 g/mol. The van der Waals surface area contributed by atoms with Crippen molar-refractivity contribution in [1.82, 2.24) is 5.32 Å². The molecule has 0 atom stereocenters. The van der Waals surface area contributed by atoms with Gasteiger partial charge in [-0.3, -0.25) is 0 Å². The molecular weight excluding hydrogens is 278 g/mol. The molecule has 0 aliphatic rings. The van der Waals surface area contributed by atoms with Crippen LogP contribution in [0.5, 0.6) is 0 Å². The maximum atomic E-state index is 6.16. The van der Waals surface area contributed by atoms with Crippen molar-refractivity contribution >= 4 is 11.6 Å². The molecule has 2 rings (SSSR count). The van der Waals surface area contributed by atoms with Crippen molar-refractivity contribution < 1.29 is 0 Å². The van der Waals surface area contributed by atoms with Crippen LogP contribution in [-0.4, -0.2) is 6.54 Å². The van der Waals surface area contributed by atoms with Gasteiger partial charge in [-0.1, -0.05) is 62.2 Å². The second kappa shape index (κ2) is 8.21. The van der Waals surface area contributed by atoms with Crippen LogP contribution in [-0.2, 0) is 13.0 Å². The predicted octanol–water partition coefficient (Wildman–Crippen LogP) is 5.46. The topological polar surface area (TPSA) is 12.0 Å². The molecule has 0 aliphatic carbocycles. The largest absolute Gasteiger partial charge is 0.313 e. The first-order valence-corrected chi connectivity index (χ1v) is 8.20. The Bertz CT molecular complexity index is 560. The van der Waals surface area contributed by atoms with Crippen LogP contribution in [0.2, 0.25) is 5.02 Å². The molecule has 1 nitrogen and oxygen atoms in total. The average Bonchev–Trinajstić information content (AvgIpc) is 2.49. The summed E-state index contributed by atoms with van der Waals surface area (Å²) in [5.74, 6) is 0. The van der Waals surface area contributed by atoms with Crippen molar-refractivity contribution in [2.24, 2.45) is 0 Å². The Hall–Kier alpha value is -1.31. The first-order chi connectivity index (χ1) is 10.2.